The molecule has 1 unspecified atom stereocenters. The molecule has 32 heavy (non-hydrogen) atoms. The Morgan fingerprint density at radius 3 is 2.53 bits per heavy atom. The molecule has 1 aliphatic heterocycles. The van der Waals surface area contributed by atoms with Crippen LogP contribution in [0.1, 0.15) is 11.1 Å². The van der Waals surface area contributed by atoms with E-state index in [1.165, 1.54) is 6.07 Å². The molecule has 1 amide bonds. The van der Waals surface area contributed by atoms with Gasteiger partial charge in [-0.3, -0.25) is 4.79 Å². The maximum absolute atomic E-state index is 14.3. The number of halogens is 1. The lowest BCUT2D eigenvalue weighted by molar-refractivity contribution is -0.125. The second-order valence-corrected chi connectivity index (χ2v) is 8.63. The zero-order valence-corrected chi connectivity index (χ0v) is 17.6. The van der Waals surface area contributed by atoms with Crippen molar-refractivity contribution in [3.8, 4) is 22.5 Å². The average molecular weight is 424 g/mol. The van der Waals surface area contributed by atoms with Crippen LogP contribution in [0.2, 0.25) is 0 Å². The molecule has 1 aliphatic carbocycles. The highest BCUT2D eigenvalue weighted by molar-refractivity contribution is 5.93. The van der Waals surface area contributed by atoms with Gasteiger partial charge in [-0.25, -0.2) is 9.37 Å². The lowest BCUT2D eigenvalue weighted by atomic mass is 9.94. The molecule has 3 aromatic carbocycles. The third-order valence-electron chi connectivity index (χ3n) is 6.82. The smallest absolute Gasteiger partial charge is 0.252 e. The molecule has 4 aromatic rings. The predicted octanol–water partition coefficient (Wildman–Crippen LogP) is 4.41. The molecule has 1 fully saturated rings. The number of amides is 1. The van der Waals surface area contributed by atoms with Gasteiger partial charge in [-0.2, -0.15) is 0 Å². The molecule has 2 aliphatic rings. The van der Waals surface area contributed by atoms with Gasteiger partial charge < -0.3 is 15.2 Å². The summed E-state index contributed by atoms with van der Waals surface area (Å²) < 4.78 is 14.3. The number of hydrogen-bond donors (Lipinski definition) is 2. The van der Waals surface area contributed by atoms with Crippen LogP contribution in [0.15, 0.2) is 73.1 Å². The number of rotatable bonds is 2. The highest BCUT2D eigenvalue weighted by Crippen LogP contribution is 2.40. The van der Waals surface area contributed by atoms with Gasteiger partial charge in [0, 0.05) is 31.0 Å². The number of fused-ring (bicyclic) bond motifs is 2. The number of aromatic amines is 1. The van der Waals surface area contributed by atoms with Crippen LogP contribution in [0.5, 0.6) is 0 Å². The first-order valence-corrected chi connectivity index (χ1v) is 10.6. The Kier molecular flexibility index (Phi) is 3.84. The van der Waals surface area contributed by atoms with E-state index in [4.69, 9.17) is 4.98 Å². The molecule has 1 saturated heterocycles. The molecule has 1 aromatic heterocycles. The summed E-state index contributed by atoms with van der Waals surface area (Å²) in [6, 6.07) is 18.7. The van der Waals surface area contributed by atoms with Crippen molar-refractivity contribution in [2.24, 2.45) is 0 Å². The van der Waals surface area contributed by atoms with Crippen LogP contribution in [-0.4, -0.2) is 33.4 Å². The Morgan fingerprint density at radius 2 is 1.78 bits per heavy atom. The van der Waals surface area contributed by atoms with Crippen molar-refractivity contribution in [2.75, 3.05) is 7.05 Å². The molecule has 6 heteroatoms. The van der Waals surface area contributed by atoms with E-state index in [-0.39, 0.29) is 11.7 Å². The zero-order valence-electron chi connectivity index (χ0n) is 17.6. The second-order valence-electron chi connectivity index (χ2n) is 8.63. The van der Waals surface area contributed by atoms with Gasteiger partial charge in [-0.15, -0.1) is 0 Å². The molecule has 0 bridgehead atoms. The van der Waals surface area contributed by atoms with E-state index < -0.39 is 5.54 Å². The molecular formula is C26H21FN4O. The zero-order chi connectivity index (χ0) is 22.0. The molecule has 2 N–H and O–H groups in total. The van der Waals surface area contributed by atoms with Crippen LogP contribution in [-0.2, 0) is 17.6 Å². The van der Waals surface area contributed by atoms with Crippen molar-refractivity contribution < 1.29 is 9.18 Å². The number of nitrogens with zero attached hydrogens (tertiary/aromatic N) is 2. The van der Waals surface area contributed by atoms with Crippen molar-refractivity contribution in [2.45, 2.75) is 18.4 Å². The van der Waals surface area contributed by atoms with E-state index in [1.54, 1.807) is 12.1 Å². The number of likely N-dealkylation sites (N-methyl/N-ethyl adjacent to an activating group) is 1. The maximum Gasteiger partial charge on any atom is 0.252 e. The van der Waals surface area contributed by atoms with E-state index in [1.807, 2.05) is 42.3 Å². The van der Waals surface area contributed by atoms with Gasteiger partial charge in [0.25, 0.3) is 5.91 Å². The number of H-pyrrole nitrogens is 1. The van der Waals surface area contributed by atoms with Crippen LogP contribution in [0, 0.1) is 5.82 Å². The molecule has 0 saturated carbocycles. The Bertz CT molecular complexity index is 1390. The van der Waals surface area contributed by atoms with Gasteiger partial charge in [0.05, 0.1) is 11.0 Å². The number of carbonyl (C=O) groups is 1. The van der Waals surface area contributed by atoms with Crippen LogP contribution in [0.25, 0.3) is 33.5 Å². The number of benzene rings is 3. The third-order valence-corrected chi connectivity index (χ3v) is 6.82. The summed E-state index contributed by atoms with van der Waals surface area (Å²) in [7, 11) is 1.91. The molecule has 6 rings (SSSR count). The lowest BCUT2D eigenvalue weighted by Gasteiger charge is -2.29. The van der Waals surface area contributed by atoms with E-state index in [2.05, 4.69) is 29.0 Å². The van der Waals surface area contributed by atoms with E-state index in [0.29, 0.717) is 24.2 Å². The van der Waals surface area contributed by atoms with Gasteiger partial charge in [-0.1, -0.05) is 43.0 Å². The minimum absolute atomic E-state index is 0.00321. The van der Waals surface area contributed by atoms with E-state index in [9.17, 15) is 9.18 Å². The number of aromatic nitrogens is 2. The Morgan fingerprint density at radius 1 is 1.03 bits per heavy atom. The monoisotopic (exact) mass is 424 g/mol. The fourth-order valence-electron chi connectivity index (χ4n) is 4.97. The molecule has 5 nitrogen and oxygen atoms in total. The molecule has 1 spiro atoms. The largest absolute Gasteiger partial charge is 0.346 e. The fraction of sp³-hybridized carbons (Fsp3) is 0.154. The van der Waals surface area contributed by atoms with E-state index in [0.717, 1.165) is 39.1 Å². The summed E-state index contributed by atoms with van der Waals surface area (Å²) in [6.07, 6.45) is 1.27. The fourth-order valence-corrected chi connectivity index (χ4v) is 4.97. The highest BCUT2D eigenvalue weighted by atomic mass is 19.1. The molecule has 2 heterocycles. The van der Waals surface area contributed by atoms with Crippen molar-refractivity contribution >= 4 is 16.9 Å². The van der Waals surface area contributed by atoms with Crippen molar-refractivity contribution in [1.29, 1.82) is 0 Å². The molecule has 158 valence electrons. The van der Waals surface area contributed by atoms with Crippen LogP contribution in [0.3, 0.4) is 0 Å². The number of carbonyl (C=O) groups excluding carboxylic acids is 1. The first-order chi connectivity index (χ1) is 15.4. The SMILES string of the molecule is C=C1NC(=O)C2(Cc3cc4nc(-c5cccc(-c6ccccc6F)c5)[nH]c4cc3C2)N1C. The summed E-state index contributed by atoms with van der Waals surface area (Å²) in [5, 5.41) is 2.87. The summed E-state index contributed by atoms with van der Waals surface area (Å²) >= 11 is 0. The number of imidazole rings is 1. The summed E-state index contributed by atoms with van der Waals surface area (Å²) in [6.45, 7) is 3.94. The van der Waals surface area contributed by atoms with Crippen molar-refractivity contribution in [3.05, 3.63) is 90.0 Å². The highest BCUT2D eigenvalue weighted by Gasteiger charge is 2.52. The quantitative estimate of drug-likeness (QED) is 0.501. The van der Waals surface area contributed by atoms with E-state index >= 15 is 0 Å². The predicted molar refractivity (Wildman–Crippen MR) is 122 cm³/mol. The van der Waals surface area contributed by atoms with Gasteiger partial charge in [0.1, 0.15) is 23.0 Å². The van der Waals surface area contributed by atoms with Crippen LogP contribution < -0.4 is 5.32 Å². The van der Waals surface area contributed by atoms with Crippen molar-refractivity contribution in [1.82, 2.24) is 20.2 Å². The number of nitrogens with one attached hydrogen (secondary N) is 2. The first kappa shape index (κ1) is 18.8. The molecule has 0 radical (unpaired) electrons. The van der Waals surface area contributed by atoms with Gasteiger partial charge in [0.15, 0.2) is 0 Å². The summed E-state index contributed by atoms with van der Waals surface area (Å²) in [5.74, 6) is 1.14. The van der Waals surface area contributed by atoms with Gasteiger partial charge >= 0.3 is 0 Å². The summed E-state index contributed by atoms with van der Waals surface area (Å²) in [5.41, 5.74) is 5.71. The molecular weight excluding hydrogens is 403 g/mol. The van der Waals surface area contributed by atoms with Gasteiger partial charge in [0.2, 0.25) is 0 Å². The summed E-state index contributed by atoms with van der Waals surface area (Å²) in [4.78, 5) is 22.8. The minimum atomic E-state index is -0.602. The van der Waals surface area contributed by atoms with Crippen LogP contribution >= 0.6 is 0 Å². The Hall–Kier alpha value is -3.93. The number of hydrogen-bond acceptors (Lipinski definition) is 3. The normalized spacial score (nSPS) is 16.8. The average Bonchev–Trinajstić information content (AvgIpc) is 3.43. The molecule has 1 atom stereocenters. The first-order valence-electron chi connectivity index (χ1n) is 10.6. The Balaban J connectivity index is 1.38. The standard InChI is InChI=1S/C26H21FN4O/c1-15-28-25(32)26(31(15)2)13-18-11-22-23(12-19(18)14-26)30-24(29-22)17-7-5-6-16(10-17)20-8-3-4-9-21(20)27/h3-12H,1,13-14H2,2H3,(H,28,32)(H,29,30). The second kappa shape index (κ2) is 6.53. The topological polar surface area (TPSA) is 61.0 Å². The minimum Gasteiger partial charge on any atom is -0.346 e. The van der Waals surface area contributed by atoms with Crippen LogP contribution in [0.4, 0.5) is 4.39 Å². The third kappa shape index (κ3) is 2.62. The lowest BCUT2D eigenvalue weighted by Crippen LogP contribution is -2.47. The van der Waals surface area contributed by atoms with Gasteiger partial charge in [-0.05, 0) is 41.0 Å². The Labute approximate surface area is 184 Å². The van der Waals surface area contributed by atoms with Crippen molar-refractivity contribution in [3.63, 3.8) is 0 Å². The maximum atomic E-state index is 14.3.